The number of thiophene rings is 1. The lowest BCUT2D eigenvalue weighted by molar-refractivity contribution is 0.0756. The quantitative estimate of drug-likeness (QED) is 0.631. The number of hydrogen-bond acceptors (Lipinski definition) is 7. The Kier molecular flexibility index (Phi) is 4.74. The van der Waals surface area contributed by atoms with Crippen LogP contribution in [0.15, 0.2) is 46.3 Å². The Morgan fingerprint density at radius 2 is 2.07 bits per heavy atom. The third-order valence-electron chi connectivity index (χ3n) is 4.89. The average Bonchev–Trinajstić information content (AvgIpc) is 3.45. The van der Waals surface area contributed by atoms with Crippen LogP contribution in [0.3, 0.4) is 0 Å². The van der Waals surface area contributed by atoms with E-state index in [2.05, 4.69) is 17.3 Å². The lowest BCUT2D eigenvalue weighted by Crippen LogP contribution is -2.33. The zero-order chi connectivity index (χ0) is 18.9. The van der Waals surface area contributed by atoms with Gasteiger partial charge < -0.3 is 18.9 Å². The summed E-state index contributed by atoms with van der Waals surface area (Å²) in [7, 11) is 0. The zero-order valence-electron chi connectivity index (χ0n) is 15.0. The Hall–Kier alpha value is -2.45. The molecule has 0 radical (unpaired) electrons. The molecule has 6 nitrogen and oxygen atoms in total. The first-order valence-electron chi connectivity index (χ1n) is 9.09. The second-order valence-electron chi connectivity index (χ2n) is 6.61. The predicted molar refractivity (Wildman–Crippen MR) is 108 cm³/mol. The van der Waals surface area contributed by atoms with E-state index in [1.165, 1.54) is 5.56 Å². The van der Waals surface area contributed by atoms with Crippen molar-refractivity contribution in [2.45, 2.75) is 11.7 Å². The first-order valence-corrected chi connectivity index (χ1v) is 11.0. The van der Waals surface area contributed by atoms with Crippen molar-refractivity contribution in [1.29, 1.82) is 0 Å². The van der Waals surface area contributed by atoms with Crippen molar-refractivity contribution < 1.29 is 18.8 Å². The van der Waals surface area contributed by atoms with Gasteiger partial charge in [0.2, 0.25) is 6.79 Å². The van der Waals surface area contributed by atoms with Crippen LogP contribution in [0.4, 0.5) is 0 Å². The molecule has 1 aromatic carbocycles. The van der Waals surface area contributed by atoms with E-state index in [1.54, 1.807) is 17.4 Å². The lowest BCUT2D eigenvalue weighted by atomic mass is 10.1. The van der Waals surface area contributed by atoms with Gasteiger partial charge in [-0.2, -0.15) is 11.8 Å². The fourth-order valence-electron chi connectivity index (χ4n) is 3.43. The number of ether oxygens (including phenoxy) is 2. The van der Waals surface area contributed by atoms with Crippen LogP contribution in [0.1, 0.15) is 27.7 Å². The van der Waals surface area contributed by atoms with Crippen LogP contribution in [0.25, 0.3) is 10.6 Å². The van der Waals surface area contributed by atoms with Gasteiger partial charge in [-0.3, -0.25) is 4.79 Å². The molecule has 8 heteroatoms. The van der Waals surface area contributed by atoms with Gasteiger partial charge in [0.1, 0.15) is 0 Å². The summed E-state index contributed by atoms with van der Waals surface area (Å²) in [5, 5.41) is 6.30. The number of nitrogens with zero attached hydrogens (tertiary/aromatic N) is 2. The van der Waals surface area contributed by atoms with Gasteiger partial charge in [-0.15, -0.1) is 11.3 Å². The van der Waals surface area contributed by atoms with E-state index in [4.69, 9.17) is 14.0 Å². The van der Waals surface area contributed by atoms with Crippen LogP contribution >= 0.6 is 23.1 Å². The maximum atomic E-state index is 12.9. The molecule has 0 spiro atoms. The number of fused-ring (bicyclic) bond motifs is 1. The summed E-state index contributed by atoms with van der Waals surface area (Å²) in [4.78, 5) is 15.7. The molecule has 0 saturated carbocycles. The van der Waals surface area contributed by atoms with Crippen molar-refractivity contribution in [2.24, 2.45) is 0 Å². The van der Waals surface area contributed by atoms with Gasteiger partial charge in [-0.25, -0.2) is 0 Å². The van der Waals surface area contributed by atoms with Crippen LogP contribution in [-0.4, -0.2) is 41.6 Å². The maximum absolute atomic E-state index is 12.9. The highest BCUT2D eigenvalue weighted by Gasteiger charge is 2.26. The van der Waals surface area contributed by atoms with Crippen molar-refractivity contribution in [3.63, 3.8) is 0 Å². The molecule has 1 unspecified atom stereocenters. The number of thioether (sulfide) groups is 1. The van der Waals surface area contributed by atoms with Crippen molar-refractivity contribution >= 4 is 29.0 Å². The van der Waals surface area contributed by atoms with Gasteiger partial charge in [0.05, 0.1) is 4.88 Å². The summed E-state index contributed by atoms with van der Waals surface area (Å²) < 4.78 is 16.3. The highest BCUT2D eigenvalue weighted by Crippen LogP contribution is 2.40. The van der Waals surface area contributed by atoms with Crippen LogP contribution in [0.2, 0.25) is 0 Å². The summed E-state index contributed by atoms with van der Waals surface area (Å²) in [6.07, 6.45) is 0.881. The number of rotatable bonds is 3. The largest absolute Gasteiger partial charge is 0.454 e. The van der Waals surface area contributed by atoms with Crippen LogP contribution < -0.4 is 9.47 Å². The first kappa shape index (κ1) is 17.6. The van der Waals surface area contributed by atoms with E-state index in [0.29, 0.717) is 29.8 Å². The highest BCUT2D eigenvalue weighted by atomic mass is 32.2. The SMILES string of the molecule is O=C(c1cc(-c2cccs2)on1)N1CCSC(c2ccc3c(c2)OCO3)CC1. The molecular formula is C20H18N2O4S2. The van der Waals surface area contributed by atoms with E-state index in [-0.39, 0.29) is 12.7 Å². The Labute approximate surface area is 170 Å². The molecule has 0 N–H and O–H groups in total. The molecule has 0 aliphatic carbocycles. The minimum Gasteiger partial charge on any atom is -0.454 e. The molecule has 5 rings (SSSR count). The third-order valence-corrected chi connectivity index (χ3v) is 7.10. The number of amides is 1. The summed E-state index contributed by atoms with van der Waals surface area (Å²) in [5.74, 6) is 3.05. The van der Waals surface area contributed by atoms with Crippen molar-refractivity contribution in [3.05, 3.63) is 53.0 Å². The summed E-state index contributed by atoms with van der Waals surface area (Å²) in [6, 6.07) is 11.8. The Morgan fingerprint density at radius 1 is 1.14 bits per heavy atom. The fraction of sp³-hybridized carbons (Fsp3) is 0.300. The van der Waals surface area contributed by atoms with E-state index < -0.39 is 0 Å². The molecule has 2 aliphatic heterocycles. The summed E-state index contributed by atoms with van der Waals surface area (Å²) >= 11 is 3.43. The minimum atomic E-state index is -0.0708. The van der Waals surface area contributed by atoms with Crippen LogP contribution in [0, 0.1) is 0 Å². The van der Waals surface area contributed by atoms with Crippen molar-refractivity contribution in [1.82, 2.24) is 10.1 Å². The Morgan fingerprint density at radius 3 is 2.96 bits per heavy atom. The zero-order valence-corrected chi connectivity index (χ0v) is 16.6. The molecule has 1 fully saturated rings. The van der Waals surface area contributed by atoms with Crippen LogP contribution in [0.5, 0.6) is 11.5 Å². The normalized spacial score (nSPS) is 18.9. The molecule has 1 saturated heterocycles. The second-order valence-corrected chi connectivity index (χ2v) is 8.87. The number of aromatic nitrogens is 1. The van der Waals surface area contributed by atoms with Gasteiger partial charge in [0.15, 0.2) is 23.0 Å². The second kappa shape index (κ2) is 7.52. The number of benzene rings is 1. The van der Waals surface area contributed by atoms with Gasteiger partial charge in [-0.1, -0.05) is 17.3 Å². The molecule has 4 heterocycles. The van der Waals surface area contributed by atoms with E-state index in [9.17, 15) is 4.79 Å². The standard InChI is InChI=1S/C20H18N2O4S2/c23-20(14-11-17(26-21-14)19-2-1-8-27-19)22-6-5-18(28-9-7-22)13-3-4-15-16(10-13)25-12-24-15/h1-4,8,10-11,18H,5-7,9,12H2. The smallest absolute Gasteiger partial charge is 0.276 e. The Bertz CT molecular complexity index is 986. The number of carbonyl (C=O) groups excluding carboxylic acids is 1. The van der Waals surface area contributed by atoms with Gasteiger partial charge in [0.25, 0.3) is 5.91 Å². The molecule has 1 atom stereocenters. The van der Waals surface area contributed by atoms with Crippen molar-refractivity contribution in [2.75, 3.05) is 25.6 Å². The van der Waals surface area contributed by atoms with Crippen molar-refractivity contribution in [3.8, 4) is 22.1 Å². The van der Waals surface area contributed by atoms with E-state index in [0.717, 1.165) is 28.5 Å². The summed E-state index contributed by atoms with van der Waals surface area (Å²) in [6.45, 7) is 1.67. The number of carbonyl (C=O) groups is 1. The molecule has 2 aromatic heterocycles. The fourth-order valence-corrected chi connectivity index (χ4v) is 5.32. The van der Waals surface area contributed by atoms with E-state index >= 15 is 0 Å². The molecule has 3 aromatic rings. The monoisotopic (exact) mass is 414 g/mol. The van der Waals surface area contributed by atoms with Gasteiger partial charge >= 0.3 is 0 Å². The Balaban J connectivity index is 1.27. The predicted octanol–water partition coefficient (Wildman–Crippen LogP) is 4.45. The first-order chi connectivity index (χ1) is 13.8. The van der Waals surface area contributed by atoms with Gasteiger partial charge in [-0.05, 0) is 35.6 Å². The number of hydrogen-bond donors (Lipinski definition) is 0. The molecule has 1 amide bonds. The van der Waals surface area contributed by atoms with E-state index in [1.807, 2.05) is 40.2 Å². The topological polar surface area (TPSA) is 64.8 Å². The highest BCUT2D eigenvalue weighted by molar-refractivity contribution is 7.99. The molecule has 2 aliphatic rings. The molecule has 144 valence electrons. The molecule has 28 heavy (non-hydrogen) atoms. The summed E-state index contributed by atoms with van der Waals surface area (Å²) in [5.41, 5.74) is 1.58. The van der Waals surface area contributed by atoms with Crippen LogP contribution in [-0.2, 0) is 0 Å². The molecular weight excluding hydrogens is 396 g/mol. The third kappa shape index (κ3) is 3.38. The average molecular weight is 415 g/mol. The minimum absolute atomic E-state index is 0.0708. The maximum Gasteiger partial charge on any atom is 0.276 e. The van der Waals surface area contributed by atoms with Gasteiger partial charge in [0, 0.05) is 30.2 Å². The lowest BCUT2D eigenvalue weighted by Gasteiger charge is -2.19. The molecule has 0 bridgehead atoms.